The molecule has 1 saturated carbocycles. The van der Waals surface area contributed by atoms with Crippen molar-refractivity contribution in [2.45, 2.75) is 51.1 Å². The number of nitrogens with one attached hydrogen (secondary N) is 2. The van der Waals surface area contributed by atoms with Gasteiger partial charge in [0.15, 0.2) is 0 Å². The zero-order valence-electron chi connectivity index (χ0n) is 18.1. The Hall–Kier alpha value is -2.82. The highest BCUT2D eigenvalue weighted by Crippen LogP contribution is 2.47. The summed E-state index contributed by atoms with van der Waals surface area (Å²) >= 11 is 0. The molecule has 5 atom stereocenters. The summed E-state index contributed by atoms with van der Waals surface area (Å²) in [6.07, 6.45) is 4.61. The van der Waals surface area contributed by atoms with Gasteiger partial charge in [0, 0.05) is 41.7 Å². The Morgan fingerprint density at radius 1 is 0.935 bits per heavy atom. The van der Waals surface area contributed by atoms with Crippen LogP contribution in [0.1, 0.15) is 50.6 Å². The van der Waals surface area contributed by atoms with Gasteiger partial charge in [0.05, 0.1) is 6.04 Å². The molecule has 2 heterocycles. The zero-order chi connectivity index (χ0) is 21.4. The molecule has 2 aromatic rings. The molecule has 162 valence electrons. The first-order valence-corrected chi connectivity index (χ1v) is 11.7. The minimum absolute atomic E-state index is 0.0147. The molecule has 2 fully saturated rings. The SMILES string of the molecule is C[C@@H]1Nc2ccccc2[C@H]2[C@@H]1CCN2C(=O)[C@@H]1CCCC[C@@H]1C(=O)Nc1ccccc1. The van der Waals surface area contributed by atoms with E-state index in [4.69, 9.17) is 0 Å². The Morgan fingerprint density at radius 2 is 1.65 bits per heavy atom. The van der Waals surface area contributed by atoms with Crippen molar-refractivity contribution >= 4 is 23.2 Å². The van der Waals surface area contributed by atoms with Gasteiger partial charge in [-0.15, -0.1) is 0 Å². The number of rotatable bonds is 3. The molecule has 5 rings (SSSR count). The average Bonchev–Trinajstić information content (AvgIpc) is 3.25. The molecule has 0 radical (unpaired) electrons. The van der Waals surface area contributed by atoms with Crippen LogP contribution in [-0.4, -0.2) is 29.3 Å². The Bertz CT molecular complexity index is 960. The van der Waals surface area contributed by atoms with Crippen LogP contribution >= 0.6 is 0 Å². The molecule has 3 aliphatic rings. The first-order chi connectivity index (χ1) is 15.1. The third-order valence-electron chi connectivity index (χ3n) is 7.49. The minimum atomic E-state index is -0.255. The Morgan fingerprint density at radius 3 is 2.45 bits per heavy atom. The summed E-state index contributed by atoms with van der Waals surface area (Å²) in [6, 6.07) is 18.4. The molecule has 1 saturated heterocycles. The standard InChI is InChI=1S/C26H31N3O2/c1-17-19-15-16-29(24(19)22-13-7-8-14-23(22)27-17)26(31)21-12-6-5-11-20(21)25(30)28-18-9-3-2-4-10-18/h2-4,7-10,13-14,17,19-21,24,27H,5-6,11-12,15-16H2,1H3,(H,28,30)/t17-,19+,20-,21+,24+/m0/s1. The summed E-state index contributed by atoms with van der Waals surface area (Å²) in [5.41, 5.74) is 3.15. The van der Waals surface area contributed by atoms with Crippen molar-refractivity contribution in [2.75, 3.05) is 17.2 Å². The van der Waals surface area contributed by atoms with Gasteiger partial charge in [0.1, 0.15) is 0 Å². The van der Waals surface area contributed by atoms with E-state index in [0.29, 0.717) is 12.0 Å². The molecule has 0 spiro atoms. The maximum atomic E-state index is 13.9. The number of benzene rings is 2. The first-order valence-electron chi connectivity index (χ1n) is 11.7. The Kier molecular flexibility index (Phi) is 5.43. The van der Waals surface area contributed by atoms with Crippen LogP contribution in [0.3, 0.4) is 0 Å². The second-order valence-corrected chi connectivity index (χ2v) is 9.30. The number of hydrogen-bond donors (Lipinski definition) is 2. The van der Waals surface area contributed by atoms with Crippen molar-refractivity contribution in [1.29, 1.82) is 0 Å². The van der Waals surface area contributed by atoms with E-state index >= 15 is 0 Å². The average molecular weight is 418 g/mol. The molecule has 2 N–H and O–H groups in total. The van der Waals surface area contributed by atoms with Crippen LogP contribution in [0.25, 0.3) is 0 Å². The van der Waals surface area contributed by atoms with Crippen molar-refractivity contribution < 1.29 is 9.59 Å². The lowest BCUT2D eigenvalue weighted by Crippen LogP contribution is -2.46. The van der Waals surface area contributed by atoms with Gasteiger partial charge in [-0.3, -0.25) is 9.59 Å². The number of carbonyl (C=O) groups is 2. The molecule has 0 bridgehead atoms. The van der Waals surface area contributed by atoms with Gasteiger partial charge in [0.25, 0.3) is 0 Å². The lowest BCUT2D eigenvalue weighted by Gasteiger charge is -2.40. The van der Waals surface area contributed by atoms with Gasteiger partial charge in [-0.05, 0) is 49.9 Å². The smallest absolute Gasteiger partial charge is 0.228 e. The maximum Gasteiger partial charge on any atom is 0.228 e. The Balaban J connectivity index is 1.39. The van der Waals surface area contributed by atoms with E-state index in [1.807, 2.05) is 36.4 Å². The summed E-state index contributed by atoms with van der Waals surface area (Å²) in [5, 5.41) is 6.67. The normalized spacial score (nSPS) is 29.5. The van der Waals surface area contributed by atoms with E-state index in [0.717, 1.165) is 50.0 Å². The van der Waals surface area contributed by atoms with Crippen molar-refractivity contribution in [3.63, 3.8) is 0 Å². The van der Waals surface area contributed by atoms with Crippen LogP contribution in [0, 0.1) is 17.8 Å². The molecule has 2 amide bonds. The second-order valence-electron chi connectivity index (χ2n) is 9.30. The van der Waals surface area contributed by atoms with Crippen LogP contribution < -0.4 is 10.6 Å². The molecule has 2 aliphatic heterocycles. The van der Waals surface area contributed by atoms with E-state index < -0.39 is 0 Å². The van der Waals surface area contributed by atoms with Crippen molar-refractivity contribution in [1.82, 2.24) is 4.90 Å². The fourth-order valence-electron chi connectivity index (χ4n) is 5.93. The molecule has 31 heavy (non-hydrogen) atoms. The lowest BCUT2D eigenvalue weighted by atomic mass is 9.77. The van der Waals surface area contributed by atoms with Crippen molar-refractivity contribution in [3.05, 3.63) is 60.2 Å². The van der Waals surface area contributed by atoms with Crippen LogP contribution in [0.2, 0.25) is 0 Å². The van der Waals surface area contributed by atoms with Crippen molar-refractivity contribution in [3.8, 4) is 0 Å². The number of nitrogens with zero attached hydrogens (tertiary/aromatic N) is 1. The number of carbonyl (C=O) groups excluding carboxylic acids is 2. The summed E-state index contributed by atoms with van der Waals surface area (Å²) in [4.78, 5) is 29.1. The van der Waals surface area contributed by atoms with Gasteiger partial charge in [-0.1, -0.05) is 49.2 Å². The summed E-state index contributed by atoms with van der Waals surface area (Å²) in [7, 11) is 0. The third-order valence-corrected chi connectivity index (χ3v) is 7.49. The van der Waals surface area contributed by atoms with Crippen LogP contribution in [0.4, 0.5) is 11.4 Å². The van der Waals surface area contributed by atoms with Crippen LogP contribution in [-0.2, 0) is 9.59 Å². The number of anilines is 2. The van der Waals surface area contributed by atoms with Gasteiger partial charge < -0.3 is 15.5 Å². The monoisotopic (exact) mass is 417 g/mol. The maximum absolute atomic E-state index is 13.9. The van der Waals surface area contributed by atoms with Crippen molar-refractivity contribution in [2.24, 2.45) is 17.8 Å². The zero-order valence-corrected chi connectivity index (χ0v) is 18.1. The minimum Gasteiger partial charge on any atom is -0.382 e. The topological polar surface area (TPSA) is 61.4 Å². The van der Waals surface area contributed by atoms with E-state index in [1.54, 1.807) is 0 Å². The van der Waals surface area contributed by atoms with Gasteiger partial charge in [0.2, 0.25) is 11.8 Å². The highest BCUT2D eigenvalue weighted by atomic mass is 16.2. The summed E-state index contributed by atoms with van der Waals surface area (Å²) in [5.74, 6) is 0.0888. The first kappa shape index (κ1) is 20.1. The molecule has 2 aromatic carbocycles. The molecular formula is C26H31N3O2. The Labute approximate surface area is 184 Å². The van der Waals surface area contributed by atoms with Gasteiger partial charge >= 0.3 is 0 Å². The van der Waals surface area contributed by atoms with Crippen LogP contribution in [0.5, 0.6) is 0 Å². The molecule has 1 aliphatic carbocycles. The summed E-state index contributed by atoms with van der Waals surface area (Å²) < 4.78 is 0. The quantitative estimate of drug-likeness (QED) is 0.752. The number of amides is 2. The number of hydrogen-bond acceptors (Lipinski definition) is 3. The largest absolute Gasteiger partial charge is 0.382 e. The third kappa shape index (κ3) is 3.71. The van der Waals surface area contributed by atoms with Gasteiger partial charge in [-0.2, -0.15) is 0 Å². The summed E-state index contributed by atoms with van der Waals surface area (Å²) in [6.45, 7) is 3.00. The fraction of sp³-hybridized carbons (Fsp3) is 0.462. The number of likely N-dealkylation sites (tertiary alicyclic amines) is 1. The van der Waals surface area contributed by atoms with E-state index in [1.165, 1.54) is 5.56 Å². The molecule has 0 aromatic heterocycles. The van der Waals surface area contributed by atoms with E-state index in [9.17, 15) is 9.59 Å². The van der Waals surface area contributed by atoms with Crippen LogP contribution in [0.15, 0.2) is 54.6 Å². The van der Waals surface area contributed by atoms with Gasteiger partial charge in [-0.25, -0.2) is 0 Å². The predicted molar refractivity (Wildman–Crippen MR) is 123 cm³/mol. The highest BCUT2D eigenvalue weighted by Gasteiger charge is 2.47. The fourth-order valence-corrected chi connectivity index (χ4v) is 5.93. The number of para-hydroxylation sites is 2. The van der Waals surface area contributed by atoms with E-state index in [2.05, 4.69) is 40.7 Å². The molecular weight excluding hydrogens is 386 g/mol. The lowest BCUT2D eigenvalue weighted by molar-refractivity contribution is -0.143. The van der Waals surface area contributed by atoms with E-state index in [-0.39, 0.29) is 29.7 Å². The highest BCUT2D eigenvalue weighted by molar-refractivity contribution is 5.96. The molecule has 5 nitrogen and oxygen atoms in total. The molecule has 0 unspecified atom stereocenters. The second kappa shape index (κ2) is 8.37. The molecule has 5 heteroatoms. The predicted octanol–water partition coefficient (Wildman–Crippen LogP) is 4.84. The number of fused-ring (bicyclic) bond motifs is 3.